The summed E-state index contributed by atoms with van der Waals surface area (Å²) in [4.78, 5) is 4.38. The van der Waals surface area contributed by atoms with Crippen molar-refractivity contribution in [1.82, 2.24) is 10.6 Å². The lowest BCUT2D eigenvalue weighted by Gasteiger charge is -2.12. The summed E-state index contributed by atoms with van der Waals surface area (Å²) in [7, 11) is 0. The fraction of sp³-hybridized carbons (Fsp3) is 0.263. The lowest BCUT2D eigenvalue weighted by molar-refractivity contribution is 0.604. The van der Waals surface area contributed by atoms with Gasteiger partial charge in [-0.3, -0.25) is 0 Å². The quantitative estimate of drug-likeness (QED) is 0.395. The number of aryl methyl sites for hydroxylation is 1. The Morgan fingerprint density at radius 1 is 1.12 bits per heavy atom. The van der Waals surface area contributed by atoms with Crippen LogP contribution in [0.3, 0.4) is 0 Å². The van der Waals surface area contributed by atoms with Crippen LogP contribution < -0.4 is 10.6 Å². The fourth-order valence-electron chi connectivity index (χ4n) is 2.21. The Bertz CT molecular complexity index is 816. The van der Waals surface area contributed by atoms with Gasteiger partial charge in [-0.05, 0) is 49.2 Å². The Hall–Kier alpha value is -2.21. The van der Waals surface area contributed by atoms with Gasteiger partial charge >= 0.3 is 0 Å². The number of guanidine groups is 1. The number of benzene rings is 2. The van der Waals surface area contributed by atoms with Crippen molar-refractivity contribution in [3.05, 3.63) is 70.3 Å². The van der Waals surface area contributed by atoms with Crippen LogP contribution in [-0.4, -0.2) is 12.5 Å². The monoisotopic (exact) mass is 470 g/mol. The molecule has 2 aromatic rings. The number of nitrogens with zero attached hydrogens (tertiary/aromatic N) is 2. The Balaban J connectivity index is 0.00000338. The van der Waals surface area contributed by atoms with Crippen LogP contribution in [0.2, 0.25) is 0 Å². The van der Waals surface area contributed by atoms with Gasteiger partial charge in [0.05, 0.1) is 18.2 Å². The predicted octanol–water partition coefficient (Wildman–Crippen LogP) is 4.02. The number of hydrogen-bond donors (Lipinski definition) is 2. The van der Waals surface area contributed by atoms with E-state index in [0.717, 1.165) is 5.56 Å². The average Bonchev–Trinajstić information content (AvgIpc) is 2.61. The highest BCUT2D eigenvalue weighted by atomic mass is 127. The molecule has 7 heteroatoms. The topological polar surface area (TPSA) is 60.2 Å². The van der Waals surface area contributed by atoms with Gasteiger partial charge in [0.25, 0.3) is 0 Å². The van der Waals surface area contributed by atoms with Crippen molar-refractivity contribution >= 4 is 29.9 Å². The molecule has 26 heavy (non-hydrogen) atoms. The summed E-state index contributed by atoms with van der Waals surface area (Å²) < 4.78 is 27.4. The molecule has 0 aliphatic rings. The maximum Gasteiger partial charge on any atom is 0.191 e. The molecular weight excluding hydrogens is 449 g/mol. The van der Waals surface area contributed by atoms with Crippen LogP contribution in [0.15, 0.2) is 41.4 Å². The normalized spacial score (nSPS) is 10.7. The second-order valence-electron chi connectivity index (χ2n) is 5.55. The largest absolute Gasteiger partial charge is 0.357 e. The van der Waals surface area contributed by atoms with E-state index in [-0.39, 0.29) is 42.2 Å². The lowest BCUT2D eigenvalue weighted by Crippen LogP contribution is -2.37. The first-order valence-corrected chi connectivity index (χ1v) is 7.99. The zero-order valence-corrected chi connectivity index (χ0v) is 17.0. The maximum absolute atomic E-state index is 13.8. The zero-order chi connectivity index (χ0) is 18.2. The van der Waals surface area contributed by atoms with Crippen molar-refractivity contribution in [3.8, 4) is 6.07 Å². The van der Waals surface area contributed by atoms with Gasteiger partial charge in [-0.15, -0.1) is 24.0 Å². The summed E-state index contributed by atoms with van der Waals surface area (Å²) in [5, 5.41) is 15.0. The molecule has 0 atom stereocenters. The molecular formula is C19H21F2IN4. The standard InChI is InChI=1S/C19H20F2N4.HI/c1-3-23-19(24-11-15-5-4-13(2)18(21)9-15)25-12-16-8-14(10-22)6-7-17(16)20;/h4-9H,3,11-12H2,1-2H3,(H2,23,24,25);1H. The summed E-state index contributed by atoms with van der Waals surface area (Å²) in [6.07, 6.45) is 0. The van der Waals surface area contributed by atoms with Crippen LogP contribution in [0.25, 0.3) is 0 Å². The highest BCUT2D eigenvalue weighted by Crippen LogP contribution is 2.11. The third-order valence-electron chi connectivity index (χ3n) is 3.62. The Morgan fingerprint density at radius 2 is 1.88 bits per heavy atom. The summed E-state index contributed by atoms with van der Waals surface area (Å²) in [6.45, 7) is 4.75. The first-order chi connectivity index (χ1) is 12.0. The molecule has 0 aromatic heterocycles. The minimum Gasteiger partial charge on any atom is -0.357 e. The molecule has 2 N–H and O–H groups in total. The summed E-state index contributed by atoms with van der Waals surface area (Å²) in [5.74, 6) is -0.158. The minimum absolute atomic E-state index is 0. The van der Waals surface area contributed by atoms with Crippen LogP contribution in [0.1, 0.15) is 29.2 Å². The molecule has 4 nitrogen and oxygen atoms in total. The van der Waals surface area contributed by atoms with Crippen LogP contribution in [0.4, 0.5) is 8.78 Å². The highest BCUT2D eigenvalue weighted by molar-refractivity contribution is 14.0. The van der Waals surface area contributed by atoms with E-state index in [9.17, 15) is 8.78 Å². The Labute approximate surface area is 169 Å². The molecule has 0 saturated heterocycles. The van der Waals surface area contributed by atoms with E-state index < -0.39 is 0 Å². The lowest BCUT2D eigenvalue weighted by atomic mass is 10.1. The number of nitriles is 1. The maximum atomic E-state index is 13.8. The number of halogens is 3. The van der Waals surface area contributed by atoms with E-state index in [4.69, 9.17) is 5.26 Å². The third-order valence-corrected chi connectivity index (χ3v) is 3.62. The zero-order valence-electron chi connectivity index (χ0n) is 14.6. The Kier molecular flexibility index (Phi) is 8.99. The molecule has 0 aliphatic heterocycles. The van der Waals surface area contributed by atoms with Gasteiger partial charge in [0.2, 0.25) is 0 Å². The molecule has 2 rings (SSSR count). The first-order valence-electron chi connectivity index (χ1n) is 7.99. The first kappa shape index (κ1) is 21.8. The third kappa shape index (κ3) is 6.26. The Morgan fingerprint density at radius 3 is 2.54 bits per heavy atom. The van der Waals surface area contributed by atoms with Crippen molar-refractivity contribution in [2.75, 3.05) is 6.54 Å². The van der Waals surface area contributed by atoms with E-state index in [1.807, 2.05) is 19.1 Å². The van der Waals surface area contributed by atoms with Crippen molar-refractivity contribution < 1.29 is 8.78 Å². The molecule has 0 bridgehead atoms. The SMILES string of the molecule is CCNC(=NCc1ccc(C)c(F)c1)NCc1cc(C#N)ccc1F.I. The van der Waals surface area contributed by atoms with Gasteiger partial charge in [0.1, 0.15) is 11.6 Å². The number of aliphatic imine (C=N–C) groups is 1. The summed E-state index contributed by atoms with van der Waals surface area (Å²) >= 11 is 0. The van der Waals surface area contributed by atoms with E-state index in [0.29, 0.717) is 35.7 Å². The van der Waals surface area contributed by atoms with E-state index in [1.54, 1.807) is 13.0 Å². The number of hydrogen-bond acceptors (Lipinski definition) is 2. The smallest absolute Gasteiger partial charge is 0.191 e. The van der Waals surface area contributed by atoms with Crippen LogP contribution >= 0.6 is 24.0 Å². The molecule has 0 radical (unpaired) electrons. The van der Waals surface area contributed by atoms with Crippen LogP contribution in [0.5, 0.6) is 0 Å². The molecule has 0 amide bonds. The van der Waals surface area contributed by atoms with Gasteiger partial charge in [-0.2, -0.15) is 5.26 Å². The molecule has 2 aromatic carbocycles. The van der Waals surface area contributed by atoms with E-state index in [1.165, 1.54) is 24.3 Å². The van der Waals surface area contributed by atoms with Gasteiger partial charge in [0.15, 0.2) is 5.96 Å². The van der Waals surface area contributed by atoms with Crippen molar-refractivity contribution in [2.24, 2.45) is 4.99 Å². The fourth-order valence-corrected chi connectivity index (χ4v) is 2.21. The van der Waals surface area contributed by atoms with Crippen molar-refractivity contribution in [1.29, 1.82) is 5.26 Å². The molecule has 0 fully saturated rings. The summed E-state index contributed by atoms with van der Waals surface area (Å²) in [5.41, 5.74) is 2.12. The molecule has 138 valence electrons. The minimum atomic E-state index is -0.386. The van der Waals surface area contributed by atoms with Crippen LogP contribution in [0, 0.1) is 29.9 Å². The molecule has 0 saturated carbocycles. The summed E-state index contributed by atoms with van der Waals surface area (Å²) in [6, 6.07) is 11.2. The van der Waals surface area contributed by atoms with Gasteiger partial charge in [-0.25, -0.2) is 13.8 Å². The van der Waals surface area contributed by atoms with Gasteiger partial charge in [-0.1, -0.05) is 12.1 Å². The van der Waals surface area contributed by atoms with E-state index >= 15 is 0 Å². The molecule has 0 heterocycles. The van der Waals surface area contributed by atoms with Crippen LogP contribution in [-0.2, 0) is 13.1 Å². The van der Waals surface area contributed by atoms with Crippen molar-refractivity contribution in [2.45, 2.75) is 26.9 Å². The molecule has 0 aliphatic carbocycles. The number of rotatable bonds is 5. The van der Waals surface area contributed by atoms with Gasteiger partial charge in [0, 0.05) is 18.7 Å². The van der Waals surface area contributed by atoms with Crippen molar-refractivity contribution in [3.63, 3.8) is 0 Å². The van der Waals surface area contributed by atoms with Gasteiger partial charge < -0.3 is 10.6 Å². The highest BCUT2D eigenvalue weighted by Gasteiger charge is 2.06. The van der Waals surface area contributed by atoms with E-state index in [2.05, 4.69) is 15.6 Å². The molecule has 0 spiro atoms. The average molecular weight is 470 g/mol. The number of nitrogens with one attached hydrogen (secondary N) is 2. The second-order valence-corrected chi connectivity index (χ2v) is 5.55. The molecule has 0 unspecified atom stereocenters. The second kappa shape index (κ2) is 10.7. The predicted molar refractivity (Wildman–Crippen MR) is 109 cm³/mol.